The standard InChI is InChI=1S/C12H20N4/c1-2-6-16-11(13)14-8-12(16)5-7-15(9-12)10-3-4-10/h2,10H,1,3-9H2,(H2,13,14). The summed E-state index contributed by atoms with van der Waals surface area (Å²) in [6, 6.07) is 0.854. The molecule has 0 aromatic rings. The van der Waals surface area contributed by atoms with Crippen LogP contribution in [0.15, 0.2) is 17.6 Å². The van der Waals surface area contributed by atoms with Crippen LogP contribution >= 0.6 is 0 Å². The molecule has 1 aliphatic carbocycles. The summed E-state index contributed by atoms with van der Waals surface area (Å²) in [6.45, 7) is 7.86. The van der Waals surface area contributed by atoms with E-state index in [1.54, 1.807) is 0 Å². The van der Waals surface area contributed by atoms with Crippen LogP contribution in [0.4, 0.5) is 0 Å². The molecule has 2 aliphatic heterocycles. The van der Waals surface area contributed by atoms with Gasteiger partial charge in [0.2, 0.25) is 0 Å². The number of aliphatic imine (C=N–C) groups is 1. The van der Waals surface area contributed by atoms with Crippen LogP contribution in [-0.2, 0) is 0 Å². The largest absolute Gasteiger partial charge is 0.370 e. The van der Waals surface area contributed by atoms with Gasteiger partial charge in [-0.2, -0.15) is 0 Å². The summed E-state index contributed by atoms with van der Waals surface area (Å²) in [5.74, 6) is 0.706. The fourth-order valence-corrected chi connectivity index (χ4v) is 3.05. The highest BCUT2D eigenvalue weighted by Crippen LogP contribution is 2.38. The summed E-state index contributed by atoms with van der Waals surface area (Å²) in [5, 5.41) is 0. The van der Waals surface area contributed by atoms with Gasteiger partial charge in [0, 0.05) is 25.7 Å². The number of nitrogens with zero attached hydrogens (tertiary/aromatic N) is 3. The molecule has 3 aliphatic rings. The molecule has 1 unspecified atom stereocenters. The Kier molecular flexibility index (Phi) is 2.21. The van der Waals surface area contributed by atoms with Crippen LogP contribution in [0.3, 0.4) is 0 Å². The Labute approximate surface area is 96.8 Å². The number of guanidine groups is 1. The molecule has 0 aromatic heterocycles. The molecule has 0 amide bonds. The normalized spacial score (nSPS) is 34.8. The zero-order chi connectivity index (χ0) is 11.2. The molecule has 16 heavy (non-hydrogen) atoms. The first-order valence-electron chi connectivity index (χ1n) is 6.18. The maximum Gasteiger partial charge on any atom is 0.192 e. The van der Waals surface area contributed by atoms with Crippen molar-refractivity contribution in [3.05, 3.63) is 12.7 Å². The van der Waals surface area contributed by atoms with Crippen molar-refractivity contribution in [1.82, 2.24) is 9.80 Å². The lowest BCUT2D eigenvalue weighted by Crippen LogP contribution is -2.53. The van der Waals surface area contributed by atoms with Gasteiger partial charge in [-0.1, -0.05) is 6.08 Å². The molecular formula is C12H20N4. The summed E-state index contributed by atoms with van der Waals surface area (Å²) in [5.41, 5.74) is 6.15. The molecule has 88 valence electrons. The molecule has 1 saturated carbocycles. The highest BCUT2D eigenvalue weighted by atomic mass is 15.4. The second kappa shape index (κ2) is 3.48. The van der Waals surface area contributed by atoms with E-state index in [2.05, 4.69) is 21.4 Å². The van der Waals surface area contributed by atoms with Crippen LogP contribution < -0.4 is 5.73 Å². The molecule has 0 radical (unpaired) electrons. The van der Waals surface area contributed by atoms with Crippen LogP contribution in [0.1, 0.15) is 19.3 Å². The van der Waals surface area contributed by atoms with E-state index in [1.807, 2.05) is 6.08 Å². The fourth-order valence-electron chi connectivity index (χ4n) is 3.05. The van der Waals surface area contributed by atoms with Crippen molar-refractivity contribution >= 4 is 5.96 Å². The average Bonchev–Trinajstić information content (AvgIpc) is 2.99. The van der Waals surface area contributed by atoms with E-state index in [0.717, 1.165) is 25.7 Å². The lowest BCUT2D eigenvalue weighted by molar-refractivity contribution is 0.206. The number of hydrogen-bond donors (Lipinski definition) is 1. The third kappa shape index (κ3) is 1.44. The fraction of sp³-hybridized carbons (Fsp3) is 0.750. The lowest BCUT2D eigenvalue weighted by Gasteiger charge is -2.35. The Bertz CT molecular complexity index is 334. The Morgan fingerprint density at radius 3 is 3.06 bits per heavy atom. The molecule has 4 heteroatoms. The molecule has 2 fully saturated rings. The van der Waals surface area contributed by atoms with Crippen LogP contribution in [0, 0.1) is 0 Å². The van der Waals surface area contributed by atoms with Gasteiger partial charge < -0.3 is 10.6 Å². The van der Waals surface area contributed by atoms with Crippen molar-refractivity contribution in [1.29, 1.82) is 0 Å². The smallest absolute Gasteiger partial charge is 0.192 e. The van der Waals surface area contributed by atoms with Gasteiger partial charge >= 0.3 is 0 Å². The van der Waals surface area contributed by atoms with Crippen molar-refractivity contribution < 1.29 is 0 Å². The molecule has 2 heterocycles. The molecule has 0 bridgehead atoms. The number of likely N-dealkylation sites (tertiary alicyclic amines) is 1. The van der Waals surface area contributed by atoms with Gasteiger partial charge in [0.05, 0.1) is 12.1 Å². The number of hydrogen-bond acceptors (Lipinski definition) is 4. The minimum atomic E-state index is 0.181. The number of nitrogens with two attached hydrogens (primary N) is 1. The van der Waals surface area contributed by atoms with E-state index in [-0.39, 0.29) is 5.54 Å². The summed E-state index contributed by atoms with van der Waals surface area (Å²) in [4.78, 5) is 9.30. The van der Waals surface area contributed by atoms with Crippen LogP contribution in [0.25, 0.3) is 0 Å². The van der Waals surface area contributed by atoms with Crippen molar-refractivity contribution in [3.8, 4) is 0 Å². The second-order valence-electron chi connectivity index (χ2n) is 5.25. The van der Waals surface area contributed by atoms with Crippen molar-refractivity contribution in [2.24, 2.45) is 10.7 Å². The molecular weight excluding hydrogens is 200 g/mol. The summed E-state index contributed by atoms with van der Waals surface area (Å²) < 4.78 is 0. The van der Waals surface area contributed by atoms with Crippen molar-refractivity contribution in [2.75, 3.05) is 26.2 Å². The van der Waals surface area contributed by atoms with Crippen molar-refractivity contribution in [3.63, 3.8) is 0 Å². The molecule has 1 atom stereocenters. The van der Waals surface area contributed by atoms with Gasteiger partial charge in [0.25, 0.3) is 0 Å². The maximum atomic E-state index is 5.97. The van der Waals surface area contributed by atoms with E-state index >= 15 is 0 Å². The van der Waals surface area contributed by atoms with Gasteiger partial charge in [-0.25, -0.2) is 0 Å². The Hall–Kier alpha value is -1.03. The topological polar surface area (TPSA) is 44.9 Å². The maximum absolute atomic E-state index is 5.97. The molecule has 0 aromatic carbocycles. The minimum absolute atomic E-state index is 0.181. The highest BCUT2D eigenvalue weighted by molar-refractivity contribution is 5.81. The minimum Gasteiger partial charge on any atom is -0.370 e. The average molecular weight is 220 g/mol. The van der Waals surface area contributed by atoms with Gasteiger partial charge in [-0.05, 0) is 19.3 Å². The van der Waals surface area contributed by atoms with Gasteiger partial charge in [-0.15, -0.1) is 6.58 Å². The van der Waals surface area contributed by atoms with E-state index < -0.39 is 0 Å². The third-order valence-corrected chi connectivity index (χ3v) is 4.12. The van der Waals surface area contributed by atoms with Gasteiger partial charge in [0.1, 0.15) is 0 Å². The third-order valence-electron chi connectivity index (χ3n) is 4.12. The zero-order valence-electron chi connectivity index (χ0n) is 9.73. The van der Waals surface area contributed by atoms with Crippen molar-refractivity contribution in [2.45, 2.75) is 30.8 Å². The first-order valence-corrected chi connectivity index (χ1v) is 6.18. The van der Waals surface area contributed by atoms with Crippen LogP contribution in [0.2, 0.25) is 0 Å². The van der Waals surface area contributed by atoms with E-state index in [1.165, 1.54) is 25.8 Å². The predicted octanol–water partition coefficient (Wildman–Crippen LogP) is 0.410. The molecule has 3 rings (SSSR count). The summed E-state index contributed by atoms with van der Waals surface area (Å²) >= 11 is 0. The van der Waals surface area contributed by atoms with E-state index in [9.17, 15) is 0 Å². The van der Waals surface area contributed by atoms with E-state index in [0.29, 0.717) is 5.96 Å². The molecule has 2 N–H and O–H groups in total. The summed E-state index contributed by atoms with van der Waals surface area (Å²) in [6.07, 6.45) is 5.89. The highest BCUT2D eigenvalue weighted by Gasteiger charge is 2.49. The molecule has 4 nitrogen and oxygen atoms in total. The number of rotatable bonds is 3. The first kappa shape index (κ1) is 10.1. The Morgan fingerprint density at radius 2 is 2.38 bits per heavy atom. The van der Waals surface area contributed by atoms with Crippen LogP contribution in [0.5, 0.6) is 0 Å². The monoisotopic (exact) mass is 220 g/mol. The SMILES string of the molecule is C=CCN1C(N)=NCC12CCN(C1CC1)C2. The molecule has 1 spiro atoms. The van der Waals surface area contributed by atoms with Gasteiger partial charge in [-0.3, -0.25) is 9.89 Å². The zero-order valence-corrected chi connectivity index (χ0v) is 9.73. The summed E-state index contributed by atoms with van der Waals surface area (Å²) in [7, 11) is 0. The van der Waals surface area contributed by atoms with Gasteiger partial charge in [0.15, 0.2) is 5.96 Å². The van der Waals surface area contributed by atoms with Crippen LogP contribution in [-0.4, -0.2) is 53.5 Å². The lowest BCUT2D eigenvalue weighted by atomic mass is 9.97. The first-order chi connectivity index (χ1) is 7.75. The second-order valence-corrected chi connectivity index (χ2v) is 5.25. The molecule has 1 saturated heterocycles. The predicted molar refractivity (Wildman–Crippen MR) is 65.3 cm³/mol. The Balaban J connectivity index is 1.75. The quantitative estimate of drug-likeness (QED) is 0.701. The Morgan fingerprint density at radius 1 is 1.56 bits per heavy atom. The van der Waals surface area contributed by atoms with E-state index in [4.69, 9.17) is 5.73 Å².